The van der Waals surface area contributed by atoms with Crippen LogP contribution in [0.1, 0.15) is 76.6 Å². The van der Waals surface area contributed by atoms with Gasteiger partial charge in [-0.15, -0.1) is 5.10 Å². The van der Waals surface area contributed by atoms with Gasteiger partial charge < -0.3 is 0 Å². The van der Waals surface area contributed by atoms with Gasteiger partial charge in [-0.25, -0.2) is 9.89 Å². The van der Waals surface area contributed by atoms with Gasteiger partial charge in [0, 0.05) is 36.3 Å². The first-order valence-corrected chi connectivity index (χ1v) is 14.1. The number of hydrogen-bond donors (Lipinski definition) is 1. The normalized spacial score (nSPS) is 18.0. The summed E-state index contributed by atoms with van der Waals surface area (Å²) in [5.74, 6) is 1.23. The van der Waals surface area contributed by atoms with Crippen LogP contribution >= 0.6 is 0 Å². The molecule has 4 aromatic rings. The molecule has 2 atom stereocenters. The van der Waals surface area contributed by atoms with Gasteiger partial charge in [-0.05, 0) is 70.7 Å². The number of H-pyrrole nitrogens is 1. The summed E-state index contributed by atoms with van der Waals surface area (Å²) in [5, 5.41) is 14.5. The van der Waals surface area contributed by atoms with Gasteiger partial charge in [-0.1, -0.05) is 57.9 Å². The third-order valence-electron chi connectivity index (χ3n) is 8.02. The van der Waals surface area contributed by atoms with Gasteiger partial charge in [0.15, 0.2) is 11.6 Å². The first-order valence-electron chi connectivity index (χ1n) is 14.1. The van der Waals surface area contributed by atoms with E-state index in [1.165, 1.54) is 0 Å². The zero-order chi connectivity index (χ0) is 27.4. The van der Waals surface area contributed by atoms with E-state index in [-0.39, 0.29) is 17.4 Å². The summed E-state index contributed by atoms with van der Waals surface area (Å²) >= 11 is 0. The zero-order valence-corrected chi connectivity index (χ0v) is 23.0. The van der Waals surface area contributed by atoms with Crippen molar-refractivity contribution in [1.29, 1.82) is 0 Å². The molecular weight excluding hydrogens is 490 g/mol. The molecule has 1 N–H and O–H groups in total. The molecule has 204 valence electrons. The zero-order valence-electron chi connectivity index (χ0n) is 23.0. The van der Waals surface area contributed by atoms with Crippen molar-refractivity contribution in [2.45, 2.75) is 78.3 Å². The monoisotopic (exact) mass is 527 g/mol. The Bertz CT molecular complexity index is 1470. The summed E-state index contributed by atoms with van der Waals surface area (Å²) in [5.41, 5.74) is 4.55. The minimum Gasteiger partial charge on any atom is -0.297 e. The topological polar surface area (TPSA) is 111 Å². The third kappa shape index (κ3) is 5.48. The van der Waals surface area contributed by atoms with Crippen LogP contribution in [0.4, 0.5) is 0 Å². The fourth-order valence-corrected chi connectivity index (χ4v) is 5.94. The van der Waals surface area contributed by atoms with Gasteiger partial charge in [-0.2, -0.15) is 0 Å². The molecule has 1 saturated carbocycles. The molecule has 1 fully saturated rings. The van der Waals surface area contributed by atoms with Gasteiger partial charge >= 0.3 is 5.69 Å². The Balaban J connectivity index is 1.60. The fraction of sp³-hybridized carbons (Fsp3) is 0.467. The van der Waals surface area contributed by atoms with Crippen LogP contribution in [0.2, 0.25) is 0 Å². The van der Waals surface area contributed by atoms with Crippen LogP contribution in [-0.4, -0.2) is 40.5 Å². The Morgan fingerprint density at radius 3 is 2.64 bits per heavy atom. The number of ketones is 1. The van der Waals surface area contributed by atoms with E-state index < -0.39 is 6.04 Å². The summed E-state index contributed by atoms with van der Waals surface area (Å²) in [4.78, 5) is 31.9. The van der Waals surface area contributed by atoms with E-state index in [0.29, 0.717) is 24.7 Å². The lowest BCUT2D eigenvalue weighted by atomic mass is 9.84. The smallest absolute Gasteiger partial charge is 0.297 e. The Labute approximate surface area is 228 Å². The van der Waals surface area contributed by atoms with Crippen molar-refractivity contribution < 1.29 is 4.79 Å². The number of benzene rings is 1. The fourth-order valence-electron chi connectivity index (χ4n) is 5.94. The molecule has 9 nitrogen and oxygen atoms in total. The predicted octanol–water partition coefficient (Wildman–Crippen LogP) is 5.24. The molecule has 0 aliphatic heterocycles. The molecule has 0 radical (unpaired) electrons. The van der Waals surface area contributed by atoms with Crippen LogP contribution in [0.25, 0.3) is 22.5 Å². The summed E-state index contributed by atoms with van der Waals surface area (Å²) < 4.78 is 3.61. The van der Waals surface area contributed by atoms with Crippen LogP contribution < -0.4 is 5.69 Å². The minimum absolute atomic E-state index is 0.116. The highest BCUT2D eigenvalue weighted by molar-refractivity contribution is 5.83. The molecule has 1 aliphatic rings. The second kappa shape index (κ2) is 11.9. The van der Waals surface area contributed by atoms with Crippen LogP contribution in [0, 0.1) is 11.8 Å². The lowest BCUT2D eigenvalue weighted by Crippen LogP contribution is -2.36. The van der Waals surface area contributed by atoms with E-state index in [0.717, 1.165) is 66.5 Å². The van der Waals surface area contributed by atoms with E-state index in [1.54, 1.807) is 10.8 Å². The SMILES string of the molecule is CCCCc1cn(C2C(=O)CCCCC2C(C)C)c(=O)n1Cc1cnccc1-c1ccccc1-c1nnn[nH]1. The van der Waals surface area contributed by atoms with Crippen molar-refractivity contribution in [3.8, 4) is 22.5 Å². The largest absolute Gasteiger partial charge is 0.329 e. The maximum atomic E-state index is 14.1. The number of Topliss-reactive ketones (excluding diaryl/α,β-unsaturated/α-hetero) is 1. The Morgan fingerprint density at radius 1 is 1.08 bits per heavy atom. The highest BCUT2D eigenvalue weighted by Gasteiger charge is 2.35. The van der Waals surface area contributed by atoms with Crippen molar-refractivity contribution in [2.24, 2.45) is 11.8 Å². The average Bonchev–Trinajstić information content (AvgIpc) is 3.53. The second-order valence-corrected chi connectivity index (χ2v) is 10.9. The number of aryl methyl sites for hydroxylation is 1. The maximum absolute atomic E-state index is 14.1. The van der Waals surface area contributed by atoms with Crippen LogP contribution in [0.5, 0.6) is 0 Å². The second-order valence-electron chi connectivity index (χ2n) is 10.9. The van der Waals surface area contributed by atoms with Gasteiger partial charge in [-0.3, -0.25) is 18.9 Å². The van der Waals surface area contributed by atoms with Crippen LogP contribution in [-0.2, 0) is 17.8 Å². The Morgan fingerprint density at radius 2 is 1.90 bits per heavy atom. The van der Waals surface area contributed by atoms with Gasteiger partial charge in [0.25, 0.3) is 0 Å². The molecule has 5 rings (SSSR count). The molecule has 1 aliphatic carbocycles. The highest BCUT2D eigenvalue weighted by atomic mass is 16.2. The van der Waals surface area contributed by atoms with Crippen molar-refractivity contribution in [2.75, 3.05) is 0 Å². The van der Waals surface area contributed by atoms with Crippen molar-refractivity contribution in [3.63, 3.8) is 0 Å². The molecule has 1 aromatic carbocycles. The number of carbonyl (C=O) groups excluding carboxylic acids is 1. The summed E-state index contributed by atoms with van der Waals surface area (Å²) in [7, 11) is 0. The maximum Gasteiger partial charge on any atom is 0.329 e. The Hall–Kier alpha value is -3.88. The molecule has 0 spiro atoms. The quantitative estimate of drug-likeness (QED) is 0.298. The van der Waals surface area contributed by atoms with Gasteiger partial charge in [0.2, 0.25) is 0 Å². The number of carbonyl (C=O) groups is 1. The molecule has 0 bridgehead atoms. The lowest BCUT2D eigenvalue weighted by molar-refractivity contribution is -0.123. The average molecular weight is 528 g/mol. The van der Waals surface area contributed by atoms with E-state index in [2.05, 4.69) is 46.4 Å². The molecule has 39 heavy (non-hydrogen) atoms. The summed E-state index contributed by atoms with van der Waals surface area (Å²) in [6, 6.07) is 9.49. The molecule has 9 heteroatoms. The third-order valence-corrected chi connectivity index (χ3v) is 8.02. The van der Waals surface area contributed by atoms with Crippen LogP contribution in [0.3, 0.4) is 0 Å². The van der Waals surface area contributed by atoms with E-state index >= 15 is 0 Å². The number of pyridine rings is 1. The number of nitrogens with one attached hydrogen (secondary N) is 1. The minimum atomic E-state index is -0.408. The molecule has 3 aromatic heterocycles. The first-order chi connectivity index (χ1) is 19.0. The number of hydrogen-bond acceptors (Lipinski definition) is 6. The molecule has 2 unspecified atom stereocenters. The number of unbranched alkanes of at least 4 members (excludes halogenated alkanes) is 1. The first kappa shape index (κ1) is 26.7. The van der Waals surface area contributed by atoms with Gasteiger partial charge in [0.1, 0.15) is 0 Å². The van der Waals surface area contributed by atoms with E-state index in [1.807, 2.05) is 47.3 Å². The number of tetrazole rings is 1. The predicted molar refractivity (Wildman–Crippen MR) is 150 cm³/mol. The summed E-state index contributed by atoms with van der Waals surface area (Å²) in [6.45, 7) is 6.85. The standard InChI is InChI=1S/C30H37N7O2/c1-4-5-10-22-19-37(28-23(20(2)3)11-8-9-14-27(28)38)30(39)36(22)18-21-17-31-16-15-24(21)25-12-6-7-13-26(25)29-32-34-35-33-29/h6-7,12-13,15-17,19-20,23,28H,4-5,8-11,14,18H2,1-3H3,(H,32,33,34,35). The number of imidazole rings is 1. The van der Waals surface area contributed by atoms with Crippen molar-refractivity contribution in [1.82, 2.24) is 34.7 Å². The van der Waals surface area contributed by atoms with Crippen LogP contribution in [0.15, 0.2) is 53.7 Å². The summed E-state index contributed by atoms with van der Waals surface area (Å²) in [6.07, 6.45) is 11.8. The number of nitrogens with zero attached hydrogens (tertiary/aromatic N) is 6. The molecule has 3 heterocycles. The molecule has 0 amide bonds. The highest BCUT2D eigenvalue weighted by Crippen LogP contribution is 2.36. The van der Waals surface area contributed by atoms with Gasteiger partial charge in [0.05, 0.1) is 12.6 Å². The number of aromatic nitrogens is 7. The number of rotatable bonds is 9. The van der Waals surface area contributed by atoms with Crippen molar-refractivity contribution in [3.05, 3.63) is 70.7 Å². The molecule has 0 saturated heterocycles. The number of aromatic amines is 1. The van der Waals surface area contributed by atoms with E-state index in [4.69, 9.17) is 0 Å². The van der Waals surface area contributed by atoms with Crippen molar-refractivity contribution >= 4 is 5.78 Å². The van der Waals surface area contributed by atoms with E-state index in [9.17, 15) is 9.59 Å². The molecular formula is C30H37N7O2. The Kier molecular flexibility index (Phi) is 8.14. The lowest BCUT2D eigenvalue weighted by Gasteiger charge is -2.27.